The SMILES string of the molecule is COC(=O)[C@@H]1CCC[C@H]1C(=O)OC(C)(C)C. The van der Waals surface area contributed by atoms with Crippen LogP contribution < -0.4 is 0 Å². The third-order valence-corrected chi connectivity index (χ3v) is 2.73. The standard InChI is InChI=1S/C12H20O4/c1-12(2,3)16-11(14)9-7-5-6-8(9)10(13)15-4/h8-9H,5-7H2,1-4H3/t8-,9-/m1/s1. The minimum absolute atomic E-state index is 0.277. The summed E-state index contributed by atoms with van der Waals surface area (Å²) in [6.45, 7) is 5.48. The van der Waals surface area contributed by atoms with Gasteiger partial charge in [0.25, 0.3) is 0 Å². The zero-order valence-electron chi connectivity index (χ0n) is 10.4. The van der Waals surface area contributed by atoms with Gasteiger partial charge in [-0.3, -0.25) is 9.59 Å². The van der Waals surface area contributed by atoms with Gasteiger partial charge in [-0.15, -0.1) is 0 Å². The predicted octanol–water partition coefficient (Wildman–Crippen LogP) is 1.92. The Kier molecular flexibility index (Phi) is 3.94. The summed E-state index contributed by atoms with van der Waals surface area (Å²) in [6, 6.07) is 0. The summed E-state index contributed by atoms with van der Waals surface area (Å²) in [4.78, 5) is 23.3. The lowest BCUT2D eigenvalue weighted by Gasteiger charge is -2.24. The molecule has 0 N–H and O–H groups in total. The molecule has 0 unspecified atom stereocenters. The van der Waals surface area contributed by atoms with E-state index in [0.717, 1.165) is 12.8 Å². The molecule has 4 heteroatoms. The zero-order chi connectivity index (χ0) is 12.3. The van der Waals surface area contributed by atoms with E-state index in [1.165, 1.54) is 7.11 Å². The van der Waals surface area contributed by atoms with Crippen LogP contribution in [0.15, 0.2) is 0 Å². The molecular formula is C12H20O4. The number of ether oxygens (including phenoxy) is 2. The van der Waals surface area contributed by atoms with Crippen molar-refractivity contribution in [2.45, 2.75) is 45.6 Å². The van der Waals surface area contributed by atoms with Crippen LogP contribution in [0, 0.1) is 11.8 Å². The Morgan fingerprint density at radius 3 is 2.00 bits per heavy atom. The molecule has 2 atom stereocenters. The van der Waals surface area contributed by atoms with E-state index in [1.54, 1.807) is 0 Å². The van der Waals surface area contributed by atoms with Crippen LogP contribution in [0.5, 0.6) is 0 Å². The van der Waals surface area contributed by atoms with Gasteiger partial charge >= 0.3 is 11.9 Å². The number of hydrogen-bond acceptors (Lipinski definition) is 4. The fraction of sp³-hybridized carbons (Fsp3) is 0.833. The second kappa shape index (κ2) is 4.85. The highest BCUT2D eigenvalue weighted by Gasteiger charge is 2.40. The van der Waals surface area contributed by atoms with Gasteiger partial charge in [-0.05, 0) is 33.6 Å². The number of carbonyl (C=O) groups excluding carboxylic acids is 2. The molecule has 0 aliphatic heterocycles. The molecule has 0 spiro atoms. The van der Waals surface area contributed by atoms with Gasteiger partial charge in [0.15, 0.2) is 0 Å². The number of carbonyl (C=O) groups is 2. The smallest absolute Gasteiger partial charge is 0.310 e. The minimum atomic E-state index is -0.500. The quantitative estimate of drug-likeness (QED) is 0.677. The van der Waals surface area contributed by atoms with E-state index in [2.05, 4.69) is 0 Å². The first-order valence-electron chi connectivity index (χ1n) is 5.66. The van der Waals surface area contributed by atoms with E-state index in [4.69, 9.17) is 9.47 Å². The van der Waals surface area contributed by atoms with Crippen molar-refractivity contribution < 1.29 is 19.1 Å². The molecule has 1 aliphatic carbocycles. The Morgan fingerprint density at radius 1 is 1.06 bits per heavy atom. The molecule has 0 saturated heterocycles. The van der Waals surface area contributed by atoms with E-state index < -0.39 is 5.60 Å². The average molecular weight is 228 g/mol. The lowest BCUT2D eigenvalue weighted by molar-refractivity contribution is -0.166. The topological polar surface area (TPSA) is 52.6 Å². The highest BCUT2D eigenvalue weighted by Crippen LogP contribution is 2.34. The van der Waals surface area contributed by atoms with E-state index in [-0.39, 0.29) is 23.8 Å². The Bertz CT molecular complexity index is 277. The molecule has 16 heavy (non-hydrogen) atoms. The highest BCUT2D eigenvalue weighted by molar-refractivity contribution is 5.82. The van der Waals surface area contributed by atoms with Crippen LogP contribution in [-0.2, 0) is 19.1 Å². The molecular weight excluding hydrogens is 208 g/mol. The molecule has 4 nitrogen and oxygen atoms in total. The highest BCUT2D eigenvalue weighted by atomic mass is 16.6. The molecule has 0 amide bonds. The van der Waals surface area contributed by atoms with Crippen molar-refractivity contribution in [3.8, 4) is 0 Å². The van der Waals surface area contributed by atoms with Crippen molar-refractivity contribution in [3.05, 3.63) is 0 Å². The molecule has 1 aliphatic rings. The summed E-state index contributed by atoms with van der Waals surface area (Å²) in [5.41, 5.74) is -0.500. The van der Waals surface area contributed by atoms with Gasteiger partial charge < -0.3 is 9.47 Å². The average Bonchev–Trinajstić information content (AvgIpc) is 2.62. The van der Waals surface area contributed by atoms with Crippen LogP contribution in [0.2, 0.25) is 0 Å². The fourth-order valence-corrected chi connectivity index (χ4v) is 2.05. The van der Waals surface area contributed by atoms with Gasteiger partial charge in [0, 0.05) is 0 Å². The van der Waals surface area contributed by atoms with E-state index >= 15 is 0 Å². The Morgan fingerprint density at radius 2 is 1.56 bits per heavy atom. The lowest BCUT2D eigenvalue weighted by atomic mass is 9.96. The normalized spacial score (nSPS) is 25.2. The molecule has 0 aromatic rings. The van der Waals surface area contributed by atoms with Gasteiger partial charge in [-0.2, -0.15) is 0 Å². The maximum Gasteiger partial charge on any atom is 0.310 e. The first kappa shape index (κ1) is 13.0. The van der Waals surface area contributed by atoms with Gasteiger partial charge in [0.2, 0.25) is 0 Å². The minimum Gasteiger partial charge on any atom is -0.469 e. The van der Waals surface area contributed by atoms with Crippen LogP contribution in [0.4, 0.5) is 0 Å². The van der Waals surface area contributed by atoms with E-state index in [0.29, 0.717) is 6.42 Å². The van der Waals surface area contributed by atoms with Crippen LogP contribution in [0.3, 0.4) is 0 Å². The second-order valence-corrected chi connectivity index (χ2v) is 5.20. The molecule has 0 bridgehead atoms. The monoisotopic (exact) mass is 228 g/mol. The maximum atomic E-state index is 11.9. The summed E-state index contributed by atoms with van der Waals surface area (Å²) in [6.07, 6.45) is 2.31. The predicted molar refractivity (Wildman–Crippen MR) is 58.7 cm³/mol. The Balaban J connectivity index is 2.65. The van der Waals surface area contributed by atoms with Crippen LogP contribution in [0.1, 0.15) is 40.0 Å². The van der Waals surface area contributed by atoms with Crippen molar-refractivity contribution in [3.63, 3.8) is 0 Å². The van der Waals surface area contributed by atoms with Crippen LogP contribution in [0.25, 0.3) is 0 Å². The van der Waals surface area contributed by atoms with E-state index in [1.807, 2.05) is 20.8 Å². The molecule has 0 radical (unpaired) electrons. The molecule has 1 saturated carbocycles. The first-order chi connectivity index (χ1) is 7.35. The molecule has 1 rings (SSSR count). The van der Waals surface area contributed by atoms with Crippen molar-refractivity contribution in [1.82, 2.24) is 0 Å². The van der Waals surface area contributed by atoms with Crippen LogP contribution >= 0.6 is 0 Å². The zero-order valence-corrected chi connectivity index (χ0v) is 10.4. The van der Waals surface area contributed by atoms with E-state index in [9.17, 15) is 9.59 Å². The third kappa shape index (κ3) is 3.22. The van der Waals surface area contributed by atoms with Crippen molar-refractivity contribution >= 4 is 11.9 Å². The molecule has 0 aromatic carbocycles. The van der Waals surface area contributed by atoms with Crippen LogP contribution in [-0.4, -0.2) is 24.6 Å². The summed E-state index contributed by atoms with van der Waals surface area (Å²) < 4.78 is 10.00. The number of hydrogen-bond donors (Lipinski definition) is 0. The fourth-order valence-electron chi connectivity index (χ4n) is 2.05. The van der Waals surface area contributed by atoms with Gasteiger partial charge in [0.05, 0.1) is 18.9 Å². The lowest BCUT2D eigenvalue weighted by Crippen LogP contribution is -2.33. The van der Waals surface area contributed by atoms with Gasteiger partial charge in [-0.25, -0.2) is 0 Å². The van der Waals surface area contributed by atoms with Crippen molar-refractivity contribution in [1.29, 1.82) is 0 Å². The maximum absolute atomic E-state index is 11.9. The number of methoxy groups -OCH3 is 1. The van der Waals surface area contributed by atoms with Crippen molar-refractivity contribution in [2.24, 2.45) is 11.8 Å². The summed E-state index contributed by atoms with van der Waals surface area (Å²) in [5.74, 6) is -1.22. The molecule has 1 fully saturated rings. The molecule has 0 aromatic heterocycles. The Labute approximate surface area is 96.3 Å². The van der Waals surface area contributed by atoms with Gasteiger partial charge in [-0.1, -0.05) is 6.42 Å². The Hall–Kier alpha value is -1.06. The largest absolute Gasteiger partial charge is 0.469 e. The second-order valence-electron chi connectivity index (χ2n) is 5.20. The van der Waals surface area contributed by atoms with Gasteiger partial charge in [0.1, 0.15) is 5.60 Å². The summed E-state index contributed by atoms with van der Waals surface area (Å²) >= 11 is 0. The molecule has 92 valence electrons. The number of esters is 2. The number of rotatable bonds is 2. The summed E-state index contributed by atoms with van der Waals surface area (Å²) in [7, 11) is 1.35. The summed E-state index contributed by atoms with van der Waals surface area (Å²) in [5, 5.41) is 0. The molecule has 0 heterocycles. The first-order valence-corrected chi connectivity index (χ1v) is 5.66. The third-order valence-electron chi connectivity index (χ3n) is 2.73. The van der Waals surface area contributed by atoms with Crippen molar-refractivity contribution in [2.75, 3.05) is 7.11 Å².